The summed E-state index contributed by atoms with van der Waals surface area (Å²) >= 11 is 0. The monoisotopic (exact) mass is 264 g/mol. The van der Waals surface area contributed by atoms with Gasteiger partial charge in [0.15, 0.2) is 0 Å². The van der Waals surface area contributed by atoms with E-state index in [2.05, 4.69) is 10.1 Å². The Balaban J connectivity index is 2.73. The standard InChI is InChI=1S/C10H11F3N2O3/c1-14-8-3-2-7(4-9(8)15(16)17)5-18-6-10(11,12)13/h2-4,14H,5-6H2,1H3. The number of rotatable bonds is 5. The van der Waals surface area contributed by atoms with Crippen molar-refractivity contribution in [1.82, 2.24) is 0 Å². The fraction of sp³-hybridized carbons (Fsp3) is 0.400. The number of benzene rings is 1. The predicted molar refractivity (Wildman–Crippen MR) is 58.4 cm³/mol. The van der Waals surface area contributed by atoms with Crippen LogP contribution in [0.5, 0.6) is 0 Å². The first kappa shape index (κ1) is 14.2. The summed E-state index contributed by atoms with van der Waals surface area (Å²) in [6.07, 6.45) is -4.41. The van der Waals surface area contributed by atoms with Crippen LogP contribution in [-0.4, -0.2) is 24.8 Å². The average molecular weight is 264 g/mol. The topological polar surface area (TPSA) is 64.4 Å². The summed E-state index contributed by atoms with van der Waals surface area (Å²) in [5.74, 6) is 0. The molecule has 0 heterocycles. The number of nitrogens with zero attached hydrogens (tertiary/aromatic N) is 1. The van der Waals surface area contributed by atoms with Crippen molar-refractivity contribution in [3.05, 3.63) is 33.9 Å². The van der Waals surface area contributed by atoms with Crippen LogP contribution in [0.2, 0.25) is 0 Å². The molecule has 0 atom stereocenters. The van der Waals surface area contributed by atoms with Crippen molar-refractivity contribution in [2.75, 3.05) is 19.0 Å². The number of anilines is 1. The van der Waals surface area contributed by atoms with Crippen LogP contribution < -0.4 is 5.32 Å². The molecule has 0 unspecified atom stereocenters. The van der Waals surface area contributed by atoms with Gasteiger partial charge < -0.3 is 10.1 Å². The molecule has 0 aromatic heterocycles. The molecule has 1 N–H and O–H groups in total. The van der Waals surface area contributed by atoms with Gasteiger partial charge in [0.1, 0.15) is 12.3 Å². The van der Waals surface area contributed by atoms with Crippen LogP contribution in [0.4, 0.5) is 24.5 Å². The minimum atomic E-state index is -4.41. The van der Waals surface area contributed by atoms with Crippen molar-refractivity contribution in [3.8, 4) is 0 Å². The van der Waals surface area contributed by atoms with Gasteiger partial charge in [0.05, 0.1) is 11.5 Å². The van der Waals surface area contributed by atoms with Gasteiger partial charge in [-0.25, -0.2) is 0 Å². The van der Waals surface area contributed by atoms with Crippen LogP contribution in [0.15, 0.2) is 18.2 Å². The number of nitro groups is 1. The summed E-state index contributed by atoms with van der Waals surface area (Å²) in [4.78, 5) is 10.1. The first-order valence-corrected chi connectivity index (χ1v) is 4.93. The molecule has 0 fully saturated rings. The van der Waals surface area contributed by atoms with Gasteiger partial charge in [-0.3, -0.25) is 10.1 Å². The maximum atomic E-state index is 11.8. The van der Waals surface area contributed by atoms with Crippen molar-refractivity contribution < 1.29 is 22.8 Å². The Morgan fingerprint density at radius 3 is 2.61 bits per heavy atom. The first-order valence-electron chi connectivity index (χ1n) is 4.93. The van der Waals surface area contributed by atoms with E-state index >= 15 is 0 Å². The molecule has 0 spiro atoms. The minimum Gasteiger partial charge on any atom is -0.383 e. The fourth-order valence-electron chi connectivity index (χ4n) is 1.31. The molecule has 0 saturated heterocycles. The summed E-state index contributed by atoms with van der Waals surface area (Å²) in [6, 6.07) is 4.07. The second kappa shape index (κ2) is 5.67. The maximum absolute atomic E-state index is 11.8. The number of halogens is 3. The highest BCUT2D eigenvalue weighted by Gasteiger charge is 2.27. The average Bonchev–Trinajstić information content (AvgIpc) is 2.27. The van der Waals surface area contributed by atoms with Gasteiger partial charge in [-0.15, -0.1) is 0 Å². The molecule has 0 saturated carbocycles. The fourth-order valence-corrected chi connectivity index (χ4v) is 1.31. The van der Waals surface area contributed by atoms with Gasteiger partial charge in [-0.2, -0.15) is 13.2 Å². The second-order valence-corrected chi connectivity index (χ2v) is 3.47. The molecule has 18 heavy (non-hydrogen) atoms. The van der Waals surface area contributed by atoms with Crippen molar-refractivity contribution in [2.24, 2.45) is 0 Å². The minimum absolute atomic E-state index is 0.203. The third-order valence-electron chi connectivity index (χ3n) is 2.06. The molecule has 0 radical (unpaired) electrons. The van der Waals surface area contributed by atoms with Crippen molar-refractivity contribution in [3.63, 3.8) is 0 Å². The lowest BCUT2D eigenvalue weighted by Crippen LogP contribution is -2.16. The Morgan fingerprint density at radius 1 is 1.44 bits per heavy atom. The van der Waals surface area contributed by atoms with Gasteiger partial charge in [0, 0.05) is 13.1 Å². The highest BCUT2D eigenvalue weighted by Crippen LogP contribution is 2.25. The van der Waals surface area contributed by atoms with Crippen LogP contribution in [0.1, 0.15) is 5.56 Å². The molecular weight excluding hydrogens is 253 g/mol. The molecule has 1 rings (SSSR count). The lowest BCUT2D eigenvalue weighted by molar-refractivity contribution is -0.384. The van der Waals surface area contributed by atoms with Crippen LogP contribution in [0, 0.1) is 10.1 Å². The van der Waals surface area contributed by atoms with E-state index in [9.17, 15) is 23.3 Å². The van der Waals surface area contributed by atoms with E-state index in [0.717, 1.165) is 0 Å². The van der Waals surface area contributed by atoms with E-state index in [0.29, 0.717) is 11.3 Å². The van der Waals surface area contributed by atoms with Gasteiger partial charge in [-0.05, 0) is 11.6 Å². The van der Waals surface area contributed by atoms with Gasteiger partial charge in [0.2, 0.25) is 0 Å². The third kappa shape index (κ3) is 4.21. The Morgan fingerprint density at radius 2 is 2.11 bits per heavy atom. The van der Waals surface area contributed by atoms with E-state index in [1.807, 2.05) is 0 Å². The molecule has 0 aliphatic heterocycles. The lowest BCUT2D eigenvalue weighted by atomic mass is 10.2. The van der Waals surface area contributed by atoms with Gasteiger partial charge in [0.25, 0.3) is 5.69 Å². The van der Waals surface area contributed by atoms with E-state index in [-0.39, 0.29) is 12.3 Å². The normalized spacial score (nSPS) is 11.3. The smallest absolute Gasteiger partial charge is 0.383 e. The van der Waals surface area contributed by atoms with E-state index in [1.165, 1.54) is 25.2 Å². The summed E-state index contributed by atoms with van der Waals surface area (Å²) < 4.78 is 39.9. The summed E-state index contributed by atoms with van der Waals surface area (Å²) in [7, 11) is 1.52. The Hall–Kier alpha value is -1.83. The number of hydrogen-bond donors (Lipinski definition) is 1. The van der Waals surface area contributed by atoms with Crippen molar-refractivity contribution >= 4 is 11.4 Å². The molecule has 0 bridgehead atoms. The van der Waals surface area contributed by atoms with Crippen LogP contribution >= 0.6 is 0 Å². The molecule has 1 aromatic carbocycles. The summed E-state index contributed by atoms with van der Waals surface area (Å²) in [5, 5.41) is 13.3. The second-order valence-electron chi connectivity index (χ2n) is 3.47. The quantitative estimate of drug-likeness (QED) is 0.656. The Bertz CT molecular complexity index is 435. The molecule has 1 aromatic rings. The number of nitrogens with one attached hydrogen (secondary N) is 1. The lowest BCUT2D eigenvalue weighted by Gasteiger charge is -2.08. The summed E-state index contributed by atoms with van der Waals surface area (Å²) in [6.45, 7) is -1.71. The largest absolute Gasteiger partial charge is 0.411 e. The first-order chi connectivity index (χ1) is 8.33. The third-order valence-corrected chi connectivity index (χ3v) is 2.06. The van der Waals surface area contributed by atoms with Gasteiger partial charge in [-0.1, -0.05) is 6.07 Å². The highest BCUT2D eigenvalue weighted by molar-refractivity contribution is 5.62. The number of hydrogen-bond acceptors (Lipinski definition) is 4. The molecule has 100 valence electrons. The van der Waals surface area contributed by atoms with Gasteiger partial charge >= 0.3 is 6.18 Å². The zero-order valence-electron chi connectivity index (χ0n) is 9.45. The number of alkyl halides is 3. The predicted octanol–water partition coefficient (Wildman–Crippen LogP) is 2.72. The Kier molecular flexibility index (Phi) is 4.49. The zero-order chi connectivity index (χ0) is 13.8. The maximum Gasteiger partial charge on any atom is 0.411 e. The molecule has 8 heteroatoms. The SMILES string of the molecule is CNc1ccc(COCC(F)(F)F)cc1[N+](=O)[O-]. The molecule has 5 nitrogen and oxygen atoms in total. The number of nitro benzene ring substituents is 1. The van der Waals surface area contributed by atoms with Crippen LogP contribution in [-0.2, 0) is 11.3 Å². The van der Waals surface area contributed by atoms with Crippen molar-refractivity contribution in [1.29, 1.82) is 0 Å². The number of ether oxygens (including phenoxy) is 1. The zero-order valence-corrected chi connectivity index (χ0v) is 9.45. The molecule has 0 aliphatic rings. The Labute approximate surface area is 101 Å². The molecule has 0 amide bonds. The van der Waals surface area contributed by atoms with E-state index in [1.54, 1.807) is 0 Å². The van der Waals surface area contributed by atoms with E-state index in [4.69, 9.17) is 0 Å². The van der Waals surface area contributed by atoms with Crippen molar-refractivity contribution in [2.45, 2.75) is 12.8 Å². The molecular formula is C10H11F3N2O3. The van der Waals surface area contributed by atoms with Crippen LogP contribution in [0.25, 0.3) is 0 Å². The van der Waals surface area contributed by atoms with Crippen LogP contribution in [0.3, 0.4) is 0 Å². The molecule has 0 aliphatic carbocycles. The highest BCUT2D eigenvalue weighted by atomic mass is 19.4. The summed E-state index contributed by atoms with van der Waals surface area (Å²) in [5.41, 5.74) is 0.398. The van der Waals surface area contributed by atoms with E-state index < -0.39 is 17.7 Å².